The highest BCUT2D eigenvalue weighted by molar-refractivity contribution is 7.93. The summed E-state index contributed by atoms with van der Waals surface area (Å²) < 4.78 is 30.5. The summed E-state index contributed by atoms with van der Waals surface area (Å²) in [5, 5.41) is 9.93. The molecule has 7 nitrogen and oxygen atoms in total. The molecule has 2 atom stereocenters. The van der Waals surface area contributed by atoms with Crippen LogP contribution < -0.4 is 5.32 Å². The van der Waals surface area contributed by atoms with Gasteiger partial charge < -0.3 is 15.2 Å². The van der Waals surface area contributed by atoms with E-state index in [1.54, 1.807) is 12.1 Å². The first kappa shape index (κ1) is 20.4. The van der Waals surface area contributed by atoms with Crippen molar-refractivity contribution in [1.82, 2.24) is 5.32 Å². The van der Waals surface area contributed by atoms with Crippen molar-refractivity contribution in [3.05, 3.63) is 34.9 Å². The number of carboxylic acid groups (broad SMARTS) is 1. The monoisotopic (exact) mass is 383 g/mol. The fraction of sp³-hybridized carbons (Fsp3) is 0.556. The number of carbonyl (C=O) groups excluding carboxylic acids is 1. The smallest absolute Gasteiger partial charge is 0.330 e. The largest absolute Gasteiger partial charge is 0.479 e. The number of hydrogen-bond donors (Lipinski definition) is 2. The van der Waals surface area contributed by atoms with Crippen LogP contribution in [0.25, 0.3) is 0 Å². The molecule has 2 N–H and O–H groups in total. The maximum absolute atomic E-state index is 12.7. The summed E-state index contributed by atoms with van der Waals surface area (Å²) >= 11 is 0. The first-order valence-electron chi connectivity index (χ1n) is 8.54. The van der Waals surface area contributed by atoms with Gasteiger partial charge in [0.1, 0.15) is 5.25 Å². The van der Waals surface area contributed by atoms with Crippen LogP contribution in [-0.2, 0) is 24.2 Å². The highest BCUT2D eigenvalue weighted by Crippen LogP contribution is 2.22. The summed E-state index contributed by atoms with van der Waals surface area (Å²) in [6.07, 6.45) is 0.693. The van der Waals surface area contributed by atoms with Crippen molar-refractivity contribution >= 4 is 21.7 Å². The zero-order valence-electron chi connectivity index (χ0n) is 15.2. The van der Waals surface area contributed by atoms with Gasteiger partial charge in [0.05, 0.1) is 5.25 Å². The number of hydrogen-bond acceptors (Lipinski definition) is 5. The van der Waals surface area contributed by atoms with Crippen molar-refractivity contribution in [1.29, 1.82) is 0 Å². The molecular formula is C18H25NO6S. The summed E-state index contributed by atoms with van der Waals surface area (Å²) in [7, 11) is -3.72. The zero-order valence-corrected chi connectivity index (χ0v) is 16.0. The van der Waals surface area contributed by atoms with Crippen LogP contribution >= 0.6 is 0 Å². The molecule has 0 aliphatic carbocycles. The van der Waals surface area contributed by atoms with Gasteiger partial charge >= 0.3 is 5.97 Å². The third-order valence-electron chi connectivity index (χ3n) is 4.61. The molecule has 0 aromatic heterocycles. The van der Waals surface area contributed by atoms with E-state index in [4.69, 9.17) is 4.74 Å². The van der Waals surface area contributed by atoms with Crippen molar-refractivity contribution in [3.8, 4) is 0 Å². The molecule has 1 aromatic rings. The highest BCUT2D eigenvalue weighted by Gasteiger charge is 2.38. The Bertz CT molecular complexity index is 763. The van der Waals surface area contributed by atoms with E-state index in [0.29, 0.717) is 31.6 Å². The normalized spacial score (nSPS) is 18.1. The lowest BCUT2D eigenvalue weighted by Gasteiger charge is -2.26. The molecule has 26 heavy (non-hydrogen) atoms. The van der Waals surface area contributed by atoms with Crippen LogP contribution in [0.4, 0.5) is 0 Å². The Balaban J connectivity index is 2.20. The number of aliphatic carboxylic acids is 1. The maximum Gasteiger partial charge on any atom is 0.330 e. The van der Waals surface area contributed by atoms with Gasteiger partial charge in [0, 0.05) is 13.2 Å². The fourth-order valence-corrected chi connectivity index (χ4v) is 4.96. The third kappa shape index (κ3) is 4.62. The van der Waals surface area contributed by atoms with Gasteiger partial charge in [-0.25, -0.2) is 13.2 Å². The minimum Gasteiger partial charge on any atom is -0.479 e. The van der Waals surface area contributed by atoms with Crippen LogP contribution in [0.3, 0.4) is 0 Å². The predicted molar refractivity (Wildman–Crippen MR) is 96.7 cm³/mol. The standard InChI is InChI=1S/C18H25NO6S/c1-11-8-12(2)10-14(9-11)16(18(21)22)19-17(20)13(3)26(23,24)15-4-6-25-7-5-15/h8-10,13,15-16H,4-7H2,1-3H3,(H,19,20)(H,21,22). The number of ether oxygens (including phenoxy) is 1. The van der Waals surface area contributed by atoms with Gasteiger partial charge in [-0.15, -0.1) is 0 Å². The third-order valence-corrected chi connectivity index (χ3v) is 7.21. The molecule has 1 amide bonds. The Kier molecular flexibility index (Phi) is 6.41. The number of carboxylic acids is 1. The second-order valence-corrected chi connectivity index (χ2v) is 9.30. The van der Waals surface area contributed by atoms with Crippen LogP contribution in [0.1, 0.15) is 42.5 Å². The van der Waals surface area contributed by atoms with E-state index in [1.165, 1.54) is 6.92 Å². The SMILES string of the molecule is Cc1cc(C)cc(C(NC(=O)C(C)S(=O)(=O)C2CCOCC2)C(=O)O)c1. The van der Waals surface area contributed by atoms with Crippen molar-refractivity contribution in [2.75, 3.05) is 13.2 Å². The van der Waals surface area contributed by atoms with Gasteiger partial charge in [-0.05, 0) is 39.2 Å². The van der Waals surface area contributed by atoms with Crippen LogP contribution in [0.15, 0.2) is 18.2 Å². The number of sulfone groups is 1. The van der Waals surface area contributed by atoms with E-state index in [-0.39, 0.29) is 0 Å². The predicted octanol–water partition coefficient (Wildman–Crippen LogP) is 1.53. The Morgan fingerprint density at radius 2 is 1.69 bits per heavy atom. The maximum atomic E-state index is 12.7. The van der Waals surface area contributed by atoms with Gasteiger partial charge in [0.2, 0.25) is 5.91 Å². The summed E-state index contributed by atoms with van der Waals surface area (Å²) in [6.45, 7) is 5.66. The minimum absolute atomic E-state index is 0.346. The van der Waals surface area contributed by atoms with Crippen molar-refractivity contribution in [2.24, 2.45) is 0 Å². The second kappa shape index (κ2) is 8.18. The number of amides is 1. The lowest BCUT2D eigenvalue weighted by atomic mass is 10.0. The highest BCUT2D eigenvalue weighted by atomic mass is 32.2. The van der Waals surface area contributed by atoms with Gasteiger partial charge in [0.15, 0.2) is 15.9 Å². The molecule has 2 rings (SSSR count). The van der Waals surface area contributed by atoms with E-state index in [1.807, 2.05) is 19.9 Å². The molecule has 1 aliphatic heterocycles. The number of aryl methyl sites for hydroxylation is 2. The summed E-state index contributed by atoms with van der Waals surface area (Å²) in [5.41, 5.74) is 2.14. The summed E-state index contributed by atoms with van der Waals surface area (Å²) in [6, 6.07) is 3.93. The first-order chi connectivity index (χ1) is 12.1. The topological polar surface area (TPSA) is 110 Å². The van der Waals surface area contributed by atoms with Gasteiger partial charge in [-0.1, -0.05) is 29.3 Å². The van der Waals surface area contributed by atoms with Crippen molar-refractivity contribution < 1.29 is 27.9 Å². The Hall–Kier alpha value is -1.93. The van der Waals surface area contributed by atoms with Crippen molar-refractivity contribution in [3.63, 3.8) is 0 Å². The minimum atomic E-state index is -3.72. The van der Waals surface area contributed by atoms with Crippen molar-refractivity contribution in [2.45, 2.75) is 50.2 Å². The van der Waals surface area contributed by atoms with Gasteiger partial charge in [0.25, 0.3) is 0 Å². The summed E-state index contributed by atoms with van der Waals surface area (Å²) in [4.78, 5) is 24.2. The second-order valence-electron chi connectivity index (χ2n) is 6.74. The van der Waals surface area contributed by atoms with Gasteiger partial charge in [-0.2, -0.15) is 0 Å². The molecule has 8 heteroatoms. The molecule has 1 aromatic carbocycles. The molecular weight excluding hydrogens is 358 g/mol. The van der Waals surface area contributed by atoms with Crippen LogP contribution in [0.2, 0.25) is 0 Å². The average Bonchev–Trinajstić information content (AvgIpc) is 2.58. The first-order valence-corrected chi connectivity index (χ1v) is 10.2. The lowest BCUT2D eigenvalue weighted by Crippen LogP contribution is -2.46. The number of rotatable bonds is 6. The van der Waals surface area contributed by atoms with E-state index in [0.717, 1.165) is 11.1 Å². The lowest BCUT2D eigenvalue weighted by molar-refractivity contribution is -0.141. The van der Waals surface area contributed by atoms with E-state index in [2.05, 4.69) is 5.32 Å². The quantitative estimate of drug-likeness (QED) is 0.771. The number of benzene rings is 1. The Labute approximate surface area is 153 Å². The molecule has 1 aliphatic rings. The van der Waals surface area contributed by atoms with E-state index >= 15 is 0 Å². The number of carbonyl (C=O) groups is 2. The molecule has 0 radical (unpaired) electrons. The molecule has 2 unspecified atom stereocenters. The molecule has 0 saturated carbocycles. The van der Waals surface area contributed by atoms with Gasteiger partial charge in [-0.3, -0.25) is 4.79 Å². The van der Waals surface area contributed by atoms with E-state index in [9.17, 15) is 23.1 Å². The molecule has 0 spiro atoms. The van der Waals surface area contributed by atoms with Crippen LogP contribution in [0.5, 0.6) is 0 Å². The van der Waals surface area contributed by atoms with Crippen LogP contribution in [-0.4, -0.2) is 49.1 Å². The zero-order chi connectivity index (χ0) is 19.5. The Morgan fingerprint density at radius 3 is 2.19 bits per heavy atom. The fourth-order valence-electron chi connectivity index (χ4n) is 3.17. The Morgan fingerprint density at radius 1 is 1.15 bits per heavy atom. The molecule has 1 saturated heterocycles. The number of nitrogens with one attached hydrogen (secondary N) is 1. The average molecular weight is 383 g/mol. The molecule has 1 fully saturated rings. The van der Waals surface area contributed by atoms with E-state index < -0.39 is 38.3 Å². The summed E-state index contributed by atoms with van der Waals surface area (Å²) in [5.74, 6) is -2.04. The molecule has 144 valence electrons. The molecule has 1 heterocycles. The van der Waals surface area contributed by atoms with Crippen LogP contribution in [0, 0.1) is 13.8 Å². The molecule has 0 bridgehead atoms.